The molecule has 1 rings (SSSR count). The number of hydrogen-bond acceptors (Lipinski definition) is 4. The van der Waals surface area contributed by atoms with Gasteiger partial charge >= 0.3 is 0 Å². The van der Waals surface area contributed by atoms with Crippen molar-refractivity contribution in [2.75, 3.05) is 6.54 Å². The Balaban J connectivity index is 3.08. The molecule has 0 aliphatic rings. The second kappa shape index (κ2) is 4.52. The molecule has 1 aromatic heterocycles. The molecule has 0 saturated carbocycles. The van der Waals surface area contributed by atoms with E-state index in [1.807, 2.05) is 0 Å². The number of aliphatic hydroxyl groups excluding tert-OH is 1. The van der Waals surface area contributed by atoms with Gasteiger partial charge in [-0.05, 0) is 20.8 Å². The van der Waals surface area contributed by atoms with Crippen LogP contribution in [0.3, 0.4) is 0 Å². The average Bonchev–Trinajstić information content (AvgIpc) is 2.38. The van der Waals surface area contributed by atoms with Gasteiger partial charge in [0.1, 0.15) is 4.90 Å². The Morgan fingerprint density at radius 1 is 1.50 bits per heavy atom. The van der Waals surface area contributed by atoms with Crippen molar-refractivity contribution in [2.24, 2.45) is 7.05 Å². The summed E-state index contributed by atoms with van der Waals surface area (Å²) < 4.78 is 27.7. The molecule has 2 N–H and O–H groups in total. The van der Waals surface area contributed by atoms with Crippen molar-refractivity contribution in [1.29, 1.82) is 0 Å². The van der Waals surface area contributed by atoms with E-state index >= 15 is 0 Å². The van der Waals surface area contributed by atoms with Crippen molar-refractivity contribution >= 4 is 10.0 Å². The lowest BCUT2D eigenvalue weighted by molar-refractivity contribution is 0.198. The van der Waals surface area contributed by atoms with Gasteiger partial charge < -0.3 is 5.11 Å². The van der Waals surface area contributed by atoms with E-state index < -0.39 is 16.1 Å². The third-order valence-corrected chi connectivity index (χ3v) is 3.96. The number of nitrogens with one attached hydrogen (secondary N) is 1. The first-order valence-electron chi connectivity index (χ1n) is 4.93. The first-order valence-corrected chi connectivity index (χ1v) is 6.42. The maximum atomic E-state index is 11.9. The van der Waals surface area contributed by atoms with Crippen molar-refractivity contribution in [3.05, 3.63) is 11.4 Å². The highest BCUT2D eigenvalue weighted by Gasteiger charge is 2.23. The number of aryl methyl sites for hydroxylation is 2. The summed E-state index contributed by atoms with van der Waals surface area (Å²) in [4.78, 5) is 0.190. The minimum atomic E-state index is -3.59. The van der Waals surface area contributed by atoms with Gasteiger partial charge in [0.2, 0.25) is 10.0 Å². The Labute approximate surface area is 95.3 Å². The Hall–Kier alpha value is -0.920. The van der Waals surface area contributed by atoms with E-state index in [2.05, 4.69) is 9.82 Å². The number of nitrogens with zero attached hydrogens (tertiary/aromatic N) is 2. The van der Waals surface area contributed by atoms with Crippen molar-refractivity contribution in [2.45, 2.75) is 31.8 Å². The number of aromatic nitrogens is 2. The maximum Gasteiger partial charge on any atom is 0.244 e. The summed E-state index contributed by atoms with van der Waals surface area (Å²) >= 11 is 0. The Kier molecular flexibility index (Phi) is 3.72. The quantitative estimate of drug-likeness (QED) is 0.765. The number of rotatable bonds is 4. The van der Waals surface area contributed by atoms with Crippen LogP contribution in [0.25, 0.3) is 0 Å². The predicted molar refractivity (Wildman–Crippen MR) is 59.6 cm³/mol. The van der Waals surface area contributed by atoms with Crippen molar-refractivity contribution < 1.29 is 13.5 Å². The zero-order valence-electron chi connectivity index (χ0n) is 9.85. The molecule has 0 saturated heterocycles. The molecule has 6 nitrogen and oxygen atoms in total. The van der Waals surface area contributed by atoms with Gasteiger partial charge in [-0.3, -0.25) is 4.68 Å². The van der Waals surface area contributed by atoms with Crippen LogP contribution >= 0.6 is 0 Å². The zero-order valence-corrected chi connectivity index (χ0v) is 10.7. The largest absolute Gasteiger partial charge is 0.392 e. The van der Waals surface area contributed by atoms with Gasteiger partial charge in [-0.2, -0.15) is 5.10 Å². The summed E-state index contributed by atoms with van der Waals surface area (Å²) in [7, 11) is -1.90. The molecule has 16 heavy (non-hydrogen) atoms. The third-order valence-electron chi connectivity index (χ3n) is 2.28. The summed E-state index contributed by atoms with van der Waals surface area (Å²) in [5.74, 6) is 0. The summed E-state index contributed by atoms with van der Waals surface area (Å²) in [6.45, 7) is 4.85. The van der Waals surface area contributed by atoms with Gasteiger partial charge in [0.05, 0.1) is 17.5 Å². The monoisotopic (exact) mass is 247 g/mol. The topological polar surface area (TPSA) is 84.2 Å². The standard InChI is InChI=1S/C9H17N3O3S/c1-6(13)5-10-16(14,15)9-7(2)11-12(4)8(9)3/h6,10,13H,5H2,1-4H3/t6-/m1/s1. The van der Waals surface area contributed by atoms with Crippen molar-refractivity contribution in [1.82, 2.24) is 14.5 Å². The van der Waals surface area contributed by atoms with Crippen LogP contribution in [0.5, 0.6) is 0 Å². The SMILES string of the molecule is Cc1nn(C)c(C)c1S(=O)(=O)NC[C@@H](C)O. The van der Waals surface area contributed by atoms with Crippen LogP contribution in [0.2, 0.25) is 0 Å². The molecule has 0 aliphatic carbocycles. The minimum Gasteiger partial charge on any atom is -0.392 e. The summed E-state index contributed by atoms with van der Waals surface area (Å²) in [5, 5.41) is 13.1. The molecule has 1 atom stereocenters. The molecule has 1 aromatic rings. The number of hydrogen-bond donors (Lipinski definition) is 2. The molecule has 0 aromatic carbocycles. The number of sulfonamides is 1. The minimum absolute atomic E-state index is 0.00386. The smallest absolute Gasteiger partial charge is 0.244 e. The fourth-order valence-corrected chi connectivity index (χ4v) is 3.00. The van der Waals surface area contributed by atoms with Crippen LogP contribution in [-0.4, -0.2) is 36.0 Å². The predicted octanol–water partition coefficient (Wildman–Crippen LogP) is -0.304. The second-order valence-corrected chi connectivity index (χ2v) is 5.53. The van der Waals surface area contributed by atoms with Crippen molar-refractivity contribution in [3.8, 4) is 0 Å². The summed E-state index contributed by atoms with van der Waals surface area (Å²) in [6.07, 6.45) is -0.716. The summed E-state index contributed by atoms with van der Waals surface area (Å²) in [6, 6.07) is 0. The Morgan fingerprint density at radius 3 is 2.44 bits per heavy atom. The lowest BCUT2D eigenvalue weighted by Gasteiger charge is -2.08. The normalized spacial score (nSPS) is 14.1. The fourth-order valence-electron chi connectivity index (χ4n) is 1.45. The molecule has 7 heteroatoms. The van der Waals surface area contributed by atoms with E-state index in [0.29, 0.717) is 11.4 Å². The van der Waals surface area contributed by atoms with Gasteiger partial charge in [-0.15, -0.1) is 0 Å². The maximum absolute atomic E-state index is 11.9. The molecule has 1 heterocycles. The van der Waals surface area contributed by atoms with E-state index in [-0.39, 0.29) is 11.4 Å². The van der Waals surface area contributed by atoms with Gasteiger partial charge in [0.25, 0.3) is 0 Å². The van der Waals surface area contributed by atoms with E-state index in [9.17, 15) is 8.42 Å². The van der Waals surface area contributed by atoms with E-state index in [1.165, 1.54) is 11.6 Å². The molecule has 0 amide bonds. The van der Waals surface area contributed by atoms with Crippen LogP contribution in [-0.2, 0) is 17.1 Å². The van der Waals surface area contributed by atoms with Gasteiger partial charge in [0, 0.05) is 13.6 Å². The van der Waals surface area contributed by atoms with Crippen LogP contribution in [0.1, 0.15) is 18.3 Å². The molecule has 0 unspecified atom stereocenters. The number of aliphatic hydroxyl groups is 1. The van der Waals surface area contributed by atoms with Gasteiger partial charge in [-0.1, -0.05) is 0 Å². The highest BCUT2D eigenvalue weighted by molar-refractivity contribution is 7.89. The molecule has 0 spiro atoms. The first kappa shape index (κ1) is 13.1. The van der Waals surface area contributed by atoms with Crippen molar-refractivity contribution in [3.63, 3.8) is 0 Å². The first-order chi connectivity index (χ1) is 7.25. The van der Waals surface area contributed by atoms with Crippen LogP contribution in [0.4, 0.5) is 0 Å². The zero-order chi connectivity index (χ0) is 12.5. The van der Waals surface area contributed by atoms with Crippen LogP contribution in [0, 0.1) is 13.8 Å². The van der Waals surface area contributed by atoms with Crippen LogP contribution in [0.15, 0.2) is 4.90 Å². The summed E-state index contributed by atoms with van der Waals surface area (Å²) in [5.41, 5.74) is 1.04. The Morgan fingerprint density at radius 2 is 2.06 bits per heavy atom. The highest BCUT2D eigenvalue weighted by Crippen LogP contribution is 2.17. The van der Waals surface area contributed by atoms with E-state index in [0.717, 1.165) is 0 Å². The van der Waals surface area contributed by atoms with E-state index in [1.54, 1.807) is 20.9 Å². The third kappa shape index (κ3) is 2.60. The molecular formula is C9H17N3O3S. The van der Waals surface area contributed by atoms with Gasteiger partial charge in [-0.25, -0.2) is 13.1 Å². The lowest BCUT2D eigenvalue weighted by atomic mass is 10.4. The molecule has 0 radical (unpaired) electrons. The van der Waals surface area contributed by atoms with Gasteiger partial charge in [0.15, 0.2) is 0 Å². The average molecular weight is 247 g/mol. The molecule has 0 fully saturated rings. The van der Waals surface area contributed by atoms with Crippen LogP contribution < -0.4 is 4.72 Å². The molecule has 0 bridgehead atoms. The lowest BCUT2D eigenvalue weighted by Crippen LogP contribution is -2.31. The Bertz CT molecular complexity index is 476. The molecule has 92 valence electrons. The second-order valence-electron chi connectivity index (χ2n) is 3.82. The fraction of sp³-hybridized carbons (Fsp3) is 0.667. The highest BCUT2D eigenvalue weighted by atomic mass is 32.2. The molecular weight excluding hydrogens is 230 g/mol. The van der Waals surface area contributed by atoms with E-state index in [4.69, 9.17) is 5.11 Å². The molecule has 0 aliphatic heterocycles.